The quantitative estimate of drug-likeness (QED) is 0.575. The number of ketones is 1. The average Bonchev–Trinajstić information content (AvgIpc) is 2.64. The SMILES string of the molecule is O=C(O)C1CC2=C3C(=CC=C(F)N3C3C(CCC4CCCCC43)O2)C1=O. The smallest absolute Gasteiger partial charge is 0.314 e. The zero-order valence-electron chi connectivity index (χ0n) is 14.5. The monoisotopic (exact) mass is 359 g/mol. The summed E-state index contributed by atoms with van der Waals surface area (Å²) in [6, 6.07) is -0.0954. The molecule has 2 heterocycles. The van der Waals surface area contributed by atoms with Crippen molar-refractivity contribution in [3.05, 3.63) is 35.1 Å². The van der Waals surface area contributed by atoms with Crippen LogP contribution in [0.3, 0.4) is 0 Å². The predicted molar refractivity (Wildman–Crippen MR) is 90.2 cm³/mol. The molecule has 2 saturated carbocycles. The number of hydrogen-bond donors (Lipinski definition) is 1. The Balaban J connectivity index is 1.61. The van der Waals surface area contributed by atoms with Crippen LogP contribution < -0.4 is 0 Å². The molecule has 0 aromatic rings. The third-order valence-electron chi connectivity index (χ3n) is 6.85. The van der Waals surface area contributed by atoms with Crippen molar-refractivity contribution in [2.24, 2.45) is 17.8 Å². The molecule has 0 radical (unpaired) electrons. The number of carboxylic acids is 1. The number of aliphatic carboxylic acids is 1. The van der Waals surface area contributed by atoms with Gasteiger partial charge in [-0.25, -0.2) is 0 Å². The molecule has 0 saturated heterocycles. The minimum absolute atomic E-state index is 0.0158. The van der Waals surface area contributed by atoms with Crippen molar-refractivity contribution in [3.63, 3.8) is 0 Å². The number of Topliss-reactive ketones (excluding diaryl/α,β-unsaturated/α-hetero) is 1. The molecule has 2 aliphatic heterocycles. The van der Waals surface area contributed by atoms with E-state index in [0.29, 0.717) is 23.3 Å². The van der Waals surface area contributed by atoms with E-state index in [9.17, 15) is 19.1 Å². The Morgan fingerprint density at radius 1 is 1.19 bits per heavy atom. The van der Waals surface area contributed by atoms with Crippen molar-refractivity contribution in [3.8, 4) is 0 Å². The lowest BCUT2D eigenvalue weighted by atomic mass is 9.66. The zero-order valence-corrected chi connectivity index (χ0v) is 14.5. The fourth-order valence-corrected chi connectivity index (χ4v) is 5.73. The molecule has 5 atom stereocenters. The highest BCUT2D eigenvalue weighted by atomic mass is 19.1. The van der Waals surface area contributed by atoms with Crippen LogP contribution in [0.4, 0.5) is 4.39 Å². The van der Waals surface area contributed by atoms with Gasteiger partial charge >= 0.3 is 5.97 Å². The van der Waals surface area contributed by atoms with E-state index in [1.807, 2.05) is 0 Å². The van der Waals surface area contributed by atoms with Crippen LogP contribution in [0.15, 0.2) is 35.1 Å². The number of carbonyl (C=O) groups excluding carboxylic acids is 1. The van der Waals surface area contributed by atoms with Gasteiger partial charge in [0.2, 0.25) is 0 Å². The molecule has 5 rings (SSSR count). The van der Waals surface area contributed by atoms with Crippen LogP contribution in [-0.2, 0) is 14.3 Å². The summed E-state index contributed by atoms with van der Waals surface area (Å²) >= 11 is 0. The van der Waals surface area contributed by atoms with Crippen LogP contribution >= 0.6 is 0 Å². The standard InChI is InChI=1S/C20H22FNO4/c21-16-8-6-12-18-15(9-13(19(12)23)20(24)25)26-14-7-5-10-3-1-2-4-11(10)17(14)22(16)18/h6,8,10-11,13-14,17H,1-5,7,9H2,(H,24,25). The summed E-state index contributed by atoms with van der Waals surface area (Å²) in [5.41, 5.74) is 0.774. The van der Waals surface area contributed by atoms with Gasteiger partial charge in [-0.15, -0.1) is 0 Å². The largest absolute Gasteiger partial charge is 0.490 e. The van der Waals surface area contributed by atoms with Gasteiger partial charge in [0, 0.05) is 12.0 Å². The van der Waals surface area contributed by atoms with E-state index in [1.54, 1.807) is 4.90 Å². The van der Waals surface area contributed by atoms with E-state index in [4.69, 9.17) is 4.74 Å². The van der Waals surface area contributed by atoms with Gasteiger partial charge in [0.25, 0.3) is 0 Å². The predicted octanol–water partition coefficient (Wildman–Crippen LogP) is 3.29. The van der Waals surface area contributed by atoms with Gasteiger partial charge in [-0.05, 0) is 43.3 Å². The van der Waals surface area contributed by atoms with Crippen LogP contribution in [0, 0.1) is 17.8 Å². The van der Waals surface area contributed by atoms with Crippen LogP contribution in [-0.4, -0.2) is 33.9 Å². The number of hydrogen-bond acceptors (Lipinski definition) is 4. The van der Waals surface area contributed by atoms with Gasteiger partial charge in [-0.3, -0.25) is 9.59 Å². The molecule has 26 heavy (non-hydrogen) atoms. The van der Waals surface area contributed by atoms with Gasteiger partial charge < -0.3 is 14.7 Å². The Labute approximate surface area is 151 Å². The van der Waals surface area contributed by atoms with Crippen LogP contribution in [0.1, 0.15) is 44.9 Å². The molecule has 6 heteroatoms. The number of ether oxygens (including phenoxy) is 1. The Morgan fingerprint density at radius 2 is 2.00 bits per heavy atom. The van der Waals surface area contributed by atoms with Crippen molar-refractivity contribution in [1.29, 1.82) is 0 Å². The minimum atomic E-state index is -1.15. The normalized spacial score (nSPS) is 38.4. The molecule has 5 aliphatic rings. The fraction of sp³-hybridized carbons (Fsp3) is 0.600. The first kappa shape index (κ1) is 16.1. The Bertz CT molecular complexity index is 783. The molecule has 0 amide bonds. The van der Waals surface area contributed by atoms with E-state index >= 15 is 0 Å². The molecular weight excluding hydrogens is 337 g/mol. The number of rotatable bonds is 1. The van der Waals surface area contributed by atoms with Crippen molar-refractivity contribution in [2.75, 3.05) is 0 Å². The molecule has 0 aromatic carbocycles. The maximum Gasteiger partial charge on any atom is 0.314 e. The van der Waals surface area contributed by atoms with Crippen molar-refractivity contribution in [1.82, 2.24) is 4.90 Å². The molecule has 0 bridgehead atoms. The maximum atomic E-state index is 15.0. The van der Waals surface area contributed by atoms with E-state index in [0.717, 1.165) is 25.7 Å². The second-order valence-electron chi connectivity index (χ2n) is 8.10. The molecule has 5 nitrogen and oxygen atoms in total. The fourth-order valence-electron chi connectivity index (χ4n) is 5.73. The highest BCUT2D eigenvalue weighted by Crippen LogP contribution is 2.52. The molecule has 2 fully saturated rings. The summed E-state index contributed by atoms with van der Waals surface area (Å²) in [6.07, 6.45) is 9.18. The average molecular weight is 359 g/mol. The Kier molecular flexibility index (Phi) is 3.52. The first-order chi connectivity index (χ1) is 12.6. The van der Waals surface area contributed by atoms with Crippen LogP contribution in [0.5, 0.6) is 0 Å². The van der Waals surface area contributed by atoms with Gasteiger partial charge in [0.15, 0.2) is 11.7 Å². The summed E-state index contributed by atoms with van der Waals surface area (Å²) in [5, 5.41) is 9.41. The lowest BCUT2D eigenvalue weighted by Crippen LogP contribution is -2.58. The lowest BCUT2D eigenvalue weighted by molar-refractivity contribution is -0.147. The summed E-state index contributed by atoms with van der Waals surface area (Å²) < 4.78 is 21.2. The maximum absolute atomic E-state index is 15.0. The Morgan fingerprint density at radius 3 is 2.81 bits per heavy atom. The molecule has 0 aromatic heterocycles. The number of allylic oxidation sites excluding steroid dienone is 4. The summed E-state index contributed by atoms with van der Waals surface area (Å²) in [4.78, 5) is 25.8. The number of nitrogens with zero attached hydrogens (tertiary/aromatic N) is 1. The topological polar surface area (TPSA) is 66.8 Å². The molecule has 0 spiro atoms. The first-order valence-electron chi connectivity index (χ1n) is 9.60. The molecular formula is C20H22FNO4. The molecule has 3 aliphatic carbocycles. The van der Waals surface area contributed by atoms with E-state index in [-0.39, 0.29) is 30.1 Å². The zero-order chi connectivity index (χ0) is 18.0. The third kappa shape index (κ3) is 2.14. The van der Waals surface area contributed by atoms with Crippen LogP contribution in [0.25, 0.3) is 0 Å². The first-order valence-corrected chi connectivity index (χ1v) is 9.60. The number of halogens is 1. The second kappa shape index (κ2) is 5.69. The van der Waals surface area contributed by atoms with Crippen molar-refractivity contribution >= 4 is 11.8 Å². The summed E-state index contributed by atoms with van der Waals surface area (Å²) in [6.45, 7) is 0. The van der Waals surface area contributed by atoms with Gasteiger partial charge in [0.05, 0.1) is 11.7 Å². The number of carboxylic acid groups (broad SMARTS) is 1. The van der Waals surface area contributed by atoms with E-state index in [2.05, 4.69) is 0 Å². The highest BCUT2D eigenvalue weighted by molar-refractivity contribution is 6.12. The van der Waals surface area contributed by atoms with Gasteiger partial charge in [-0.1, -0.05) is 19.3 Å². The molecule has 5 unspecified atom stereocenters. The van der Waals surface area contributed by atoms with Crippen molar-refractivity contribution in [2.45, 2.75) is 57.1 Å². The minimum Gasteiger partial charge on any atom is -0.490 e. The van der Waals surface area contributed by atoms with Gasteiger partial charge in [-0.2, -0.15) is 4.39 Å². The van der Waals surface area contributed by atoms with Gasteiger partial charge in [0.1, 0.15) is 17.8 Å². The Hall–Kier alpha value is -2.11. The van der Waals surface area contributed by atoms with E-state index in [1.165, 1.54) is 25.0 Å². The lowest BCUT2D eigenvalue weighted by Gasteiger charge is -2.54. The highest BCUT2D eigenvalue weighted by Gasteiger charge is 2.53. The van der Waals surface area contributed by atoms with Crippen molar-refractivity contribution < 1.29 is 23.8 Å². The van der Waals surface area contributed by atoms with E-state index < -0.39 is 17.7 Å². The molecule has 138 valence electrons. The summed E-state index contributed by atoms with van der Waals surface area (Å²) in [7, 11) is 0. The number of carbonyl (C=O) groups is 2. The summed E-state index contributed by atoms with van der Waals surface area (Å²) in [5.74, 6) is -1.66. The van der Waals surface area contributed by atoms with Crippen LogP contribution in [0.2, 0.25) is 0 Å². The third-order valence-corrected chi connectivity index (χ3v) is 6.85. The molecule has 1 N–H and O–H groups in total. The second-order valence-corrected chi connectivity index (χ2v) is 8.10. The number of fused-ring (bicyclic) bond motifs is 4.